The summed E-state index contributed by atoms with van der Waals surface area (Å²) < 4.78 is 10.0. The van der Waals surface area contributed by atoms with Gasteiger partial charge in [0.25, 0.3) is 0 Å². The van der Waals surface area contributed by atoms with Crippen molar-refractivity contribution in [1.29, 1.82) is 0 Å². The first kappa shape index (κ1) is 15.7. The number of nitrogens with two attached hydrogens (primary N) is 1. The van der Waals surface area contributed by atoms with Crippen LogP contribution in [0.15, 0.2) is 5.16 Å². The van der Waals surface area contributed by atoms with Crippen LogP contribution in [0, 0.1) is 5.41 Å². The van der Waals surface area contributed by atoms with Crippen molar-refractivity contribution in [3.8, 4) is 0 Å². The molecule has 4 N–H and O–H groups in total. The van der Waals surface area contributed by atoms with Gasteiger partial charge in [0.2, 0.25) is 5.91 Å². The minimum absolute atomic E-state index is 0.143. The second-order valence-corrected chi connectivity index (χ2v) is 4.13. The summed E-state index contributed by atoms with van der Waals surface area (Å²) in [5, 5.41) is 14.1. The number of ether oxygens (including phenoxy) is 2. The van der Waals surface area contributed by atoms with Crippen molar-refractivity contribution in [2.24, 2.45) is 16.3 Å². The van der Waals surface area contributed by atoms with Crippen molar-refractivity contribution in [3.05, 3.63) is 0 Å². The number of nitrogens with zero attached hydrogens (tertiary/aromatic N) is 1. The van der Waals surface area contributed by atoms with Crippen LogP contribution in [0.3, 0.4) is 0 Å². The molecular formula is C10H21N3O4. The van der Waals surface area contributed by atoms with E-state index in [-0.39, 0.29) is 17.8 Å². The molecule has 1 atom stereocenters. The van der Waals surface area contributed by atoms with Gasteiger partial charge in [0.05, 0.1) is 12.7 Å². The zero-order valence-electron chi connectivity index (χ0n) is 10.7. The van der Waals surface area contributed by atoms with Crippen LogP contribution < -0.4 is 11.1 Å². The molecule has 0 rings (SSSR count). The van der Waals surface area contributed by atoms with Gasteiger partial charge < -0.3 is 25.7 Å². The molecule has 0 heterocycles. The van der Waals surface area contributed by atoms with E-state index in [2.05, 4.69) is 10.5 Å². The molecule has 100 valence electrons. The number of amides is 1. The van der Waals surface area contributed by atoms with E-state index in [0.29, 0.717) is 13.2 Å². The molecule has 1 amide bonds. The molecule has 0 bridgehead atoms. The monoisotopic (exact) mass is 247 g/mol. The Morgan fingerprint density at radius 1 is 1.53 bits per heavy atom. The maximum atomic E-state index is 11.8. The van der Waals surface area contributed by atoms with Crippen LogP contribution in [0.25, 0.3) is 0 Å². The van der Waals surface area contributed by atoms with Gasteiger partial charge in [-0.15, -0.1) is 0 Å². The Bertz CT molecular complexity index is 279. The summed E-state index contributed by atoms with van der Waals surface area (Å²) in [6.07, 6.45) is -0.230. The Morgan fingerprint density at radius 3 is 2.53 bits per heavy atom. The smallest absolute Gasteiger partial charge is 0.233 e. The minimum Gasteiger partial charge on any atom is -0.409 e. The van der Waals surface area contributed by atoms with Gasteiger partial charge in [-0.1, -0.05) is 5.16 Å². The molecule has 0 aliphatic heterocycles. The third kappa shape index (κ3) is 4.58. The molecule has 0 saturated carbocycles. The summed E-state index contributed by atoms with van der Waals surface area (Å²) >= 11 is 0. The molecular weight excluding hydrogens is 226 g/mol. The van der Waals surface area contributed by atoms with Crippen LogP contribution in [-0.2, 0) is 14.3 Å². The lowest BCUT2D eigenvalue weighted by molar-refractivity contribution is -0.127. The molecule has 7 heteroatoms. The average molecular weight is 247 g/mol. The second kappa shape index (κ2) is 7.08. The predicted molar refractivity (Wildman–Crippen MR) is 62.9 cm³/mol. The molecule has 7 nitrogen and oxygen atoms in total. The summed E-state index contributed by atoms with van der Waals surface area (Å²) in [5.74, 6) is -0.485. The number of rotatable bonds is 7. The standard InChI is InChI=1S/C10H21N3O4/c1-10(2,8(11)13-15)9(14)12-5-7(17-4)6-16-3/h7,15H,5-6H2,1-4H3,(H2,11,13)(H,12,14). The van der Waals surface area contributed by atoms with Crippen molar-refractivity contribution in [2.45, 2.75) is 20.0 Å². The van der Waals surface area contributed by atoms with Gasteiger partial charge in [0.1, 0.15) is 5.41 Å². The van der Waals surface area contributed by atoms with Crippen LogP contribution in [0.1, 0.15) is 13.8 Å². The highest BCUT2D eigenvalue weighted by Crippen LogP contribution is 2.14. The molecule has 0 fully saturated rings. The maximum absolute atomic E-state index is 11.8. The fourth-order valence-electron chi connectivity index (χ4n) is 1.07. The molecule has 0 spiro atoms. The number of methoxy groups -OCH3 is 2. The molecule has 0 aromatic heterocycles. The molecule has 0 aliphatic carbocycles. The SMILES string of the molecule is COCC(CNC(=O)C(C)(C)C(N)=NO)OC. The number of hydrogen-bond acceptors (Lipinski definition) is 5. The van der Waals surface area contributed by atoms with Gasteiger partial charge in [0.15, 0.2) is 5.84 Å². The summed E-state index contributed by atoms with van der Waals surface area (Å²) in [5.41, 5.74) is 4.36. The third-order valence-electron chi connectivity index (χ3n) is 2.49. The Morgan fingerprint density at radius 2 is 2.12 bits per heavy atom. The van der Waals surface area contributed by atoms with E-state index in [4.69, 9.17) is 20.4 Å². The highest BCUT2D eigenvalue weighted by atomic mass is 16.5. The summed E-state index contributed by atoms with van der Waals surface area (Å²) in [7, 11) is 3.08. The van der Waals surface area contributed by atoms with Crippen LogP contribution in [-0.4, -0.2) is 50.4 Å². The van der Waals surface area contributed by atoms with Gasteiger partial charge in [-0.25, -0.2) is 0 Å². The van der Waals surface area contributed by atoms with Crippen LogP contribution >= 0.6 is 0 Å². The first-order valence-electron chi connectivity index (χ1n) is 5.18. The van der Waals surface area contributed by atoms with E-state index in [1.54, 1.807) is 21.0 Å². The van der Waals surface area contributed by atoms with E-state index < -0.39 is 5.41 Å². The van der Waals surface area contributed by atoms with Gasteiger partial charge in [-0.3, -0.25) is 4.79 Å². The van der Waals surface area contributed by atoms with Gasteiger partial charge in [-0.05, 0) is 13.8 Å². The number of amidine groups is 1. The molecule has 0 aromatic rings. The third-order valence-corrected chi connectivity index (χ3v) is 2.49. The van der Waals surface area contributed by atoms with E-state index in [1.807, 2.05) is 0 Å². The number of oxime groups is 1. The number of nitrogens with one attached hydrogen (secondary N) is 1. The fourth-order valence-corrected chi connectivity index (χ4v) is 1.07. The van der Waals surface area contributed by atoms with Gasteiger partial charge in [-0.2, -0.15) is 0 Å². The first-order chi connectivity index (χ1) is 7.89. The van der Waals surface area contributed by atoms with Gasteiger partial charge >= 0.3 is 0 Å². The van der Waals surface area contributed by atoms with Crippen molar-refractivity contribution in [1.82, 2.24) is 5.32 Å². The quantitative estimate of drug-likeness (QED) is 0.244. The Balaban J connectivity index is 4.35. The molecule has 17 heavy (non-hydrogen) atoms. The summed E-state index contributed by atoms with van der Waals surface area (Å²) in [6.45, 7) is 3.80. The predicted octanol–water partition coefficient (Wildman–Crippen LogP) is -0.463. The summed E-state index contributed by atoms with van der Waals surface area (Å²) in [4.78, 5) is 11.8. The first-order valence-corrected chi connectivity index (χ1v) is 5.18. The normalized spacial score (nSPS) is 14.5. The second-order valence-electron chi connectivity index (χ2n) is 4.13. The van der Waals surface area contributed by atoms with E-state index in [0.717, 1.165) is 0 Å². The lowest BCUT2D eigenvalue weighted by Crippen LogP contribution is -2.48. The Hall–Kier alpha value is -1.34. The Kier molecular flexibility index (Phi) is 6.52. The molecule has 0 aliphatic rings. The maximum Gasteiger partial charge on any atom is 0.233 e. The van der Waals surface area contributed by atoms with E-state index in [9.17, 15) is 4.79 Å². The van der Waals surface area contributed by atoms with Crippen LogP contribution in [0.4, 0.5) is 0 Å². The largest absolute Gasteiger partial charge is 0.409 e. The summed E-state index contributed by atoms with van der Waals surface area (Å²) in [6, 6.07) is 0. The molecule has 1 unspecified atom stereocenters. The van der Waals surface area contributed by atoms with Crippen LogP contribution in [0.5, 0.6) is 0 Å². The van der Waals surface area contributed by atoms with Crippen molar-refractivity contribution in [3.63, 3.8) is 0 Å². The topological polar surface area (TPSA) is 106 Å². The minimum atomic E-state index is -1.07. The lowest BCUT2D eigenvalue weighted by atomic mass is 9.91. The Labute approximate surface area is 101 Å². The zero-order chi connectivity index (χ0) is 13.5. The zero-order valence-corrected chi connectivity index (χ0v) is 10.7. The highest BCUT2D eigenvalue weighted by Gasteiger charge is 2.32. The number of carbonyl (C=O) groups is 1. The van der Waals surface area contributed by atoms with Crippen LogP contribution in [0.2, 0.25) is 0 Å². The molecule has 0 radical (unpaired) electrons. The fraction of sp³-hybridized carbons (Fsp3) is 0.800. The lowest BCUT2D eigenvalue weighted by Gasteiger charge is -2.23. The van der Waals surface area contributed by atoms with E-state index >= 15 is 0 Å². The van der Waals surface area contributed by atoms with Crippen molar-refractivity contribution < 1.29 is 19.5 Å². The van der Waals surface area contributed by atoms with E-state index in [1.165, 1.54) is 7.11 Å². The highest BCUT2D eigenvalue weighted by molar-refractivity contribution is 6.05. The molecule has 0 aromatic carbocycles. The number of carbonyl (C=O) groups excluding carboxylic acids is 1. The number of hydrogen-bond donors (Lipinski definition) is 3. The van der Waals surface area contributed by atoms with Gasteiger partial charge in [0, 0.05) is 20.8 Å². The molecule has 0 saturated heterocycles. The van der Waals surface area contributed by atoms with Crippen molar-refractivity contribution >= 4 is 11.7 Å². The average Bonchev–Trinajstić information content (AvgIpc) is 2.32. The van der Waals surface area contributed by atoms with Crippen molar-refractivity contribution in [2.75, 3.05) is 27.4 Å².